The summed E-state index contributed by atoms with van der Waals surface area (Å²) >= 11 is 0. The zero-order chi connectivity index (χ0) is 4.12. The van der Waals surface area contributed by atoms with Crippen LogP contribution in [0.1, 0.15) is 0 Å². The first-order chi connectivity index (χ1) is 2.41. The third kappa shape index (κ3) is 8.98. The normalized spacial score (nSPS) is 6.50. The summed E-state index contributed by atoms with van der Waals surface area (Å²) in [5.41, 5.74) is 0. The molecule has 0 saturated carbocycles. The van der Waals surface area contributed by atoms with E-state index in [0.29, 0.717) is 6.26 Å². The second kappa shape index (κ2) is 8.90. The second-order valence-corrected chi connectivity index (χ2v) is 0.432. The Hall–Kier alpha value is 0.0300. The first-order valence-electron chi connectivity index (χ1n) is 1.08. The zero-order valence-electron chi connectivity index (χ0n) is 3.51. The Kier molecular flexibility index (Phi) is 13.9. The van der Waals surface area contributed by atoms with Gasteiger partial charge in [0, 0.05) is 6.08 Å². The van der Waals surface area contributed by atoms with Crippen molar-refractivity contribution in [3.63, 3.8) is 0 Å². The number of nitrogens with zero attached hydrogens (tertiary/aromatic N) is 1. The van der Waals surface area contributed by atoms with Crippen molar-refractivity contribution in [2.45, 2.75) is 0 Å². The first-order valence-corrected chi connectivity index (χ1v) is 1.08. The Morgan fingerprint density at radius 3 is 2.17 bits per heavy atom. The van der Waals surface area contributed by atoms with Crippen molar-refractivity contribution in [2.75, 3.05) is 0 Å². The molecule has 0 amide bonds. The van der Waals surface area contributed by atoms with Gasteiger partial charge >= 0.3 is 29.6 Å². The molecule has 0 radical (unpaired) electrons. The van der Waals surface area contributed by atoms with Gasteiger partial charge in [0.1, 0.15) is 0 Å². The van der Waals surface area contributed by atoms with Gasteiger partial charge in [0.25, 0.3) is 0 Å². The fourth-order valence-electron chi connectivity index (χ4n) is 0.0304. The molecule has 0 atom stereocenters. The molecular formula is C3H2NNaO. The van der Waals surface area contributed by atoms with E-state index in [1.165, 1.54) is 6.07 Å². The van der Waals surface area contributed by atoms with E-state index in [-0.39, 0.29) is 29.6 Å². The summed E-state index contributed by atoms with van der Waals surface area (Å²) in [6.45, 7) is 0. The van der Waals surface area contributed by atoms with Gasteiger partial charge in [-0.3, -0.25) is 0 Å². The van der Waals surface area contributed by atoms with E-state index in [1.807, 2.05) is 0 Å². The van der Waals surface area contributed by atoms with E-state index >= 15 is 0 Å². The molecule has 0 aromatic carbocycles. The van der Waals surface area contributed by atoms with Crippen molar-refractivity contribution < 1.29 is 34.7 Å². The Morgan fingerprint density at radius 1 is 1.67 bits per heavy atom. The molecule has 0 bridgehead atoms. The van der Waals surface area contributed by atoms with E-state index in [0.717, 1.165) is 6.08 Å². The monoisotopic (exact) mass is 91.0 g/mol. The number of allylic oxidation sites excluding steroid dienone is 1. The van der Waals surface area contributed by atoms with E-state index in [2.05, 4.69) is 0 Å². The number of hydrogen-bond acceptors (Lipinski definition) is 2. The Bertz CT molecular complexity index is 73.4. The molecule has 2 nitrogen and oxygen atoms in total. The van der Waals surface area contributed by atoms with Gasteiger partial charge in [-0.2, -0.15) is 5.26 Å². The Morgan fingerprint density at radius 2 is 2.17 bits per heavy atom. The van der Waals surface area contributed by atoms with Gasteiger partial charge in [-0.1, -0.05) is 0 Å². The zero-order valence-corrected chi connectivity index (χ0v) is 5.51. The van der Waals surface area contributed by atoms with Gasteiger partial charge in [-0.15, -0.1) is 6.26 Å². The molecule has 0 saturated heterocycles. The molecule has 0 N–H and O–H groups in total. The molecule has 0 aromatic heterocycles. The largest absolute Gasteiger partial charge is 1.00 e. The molecule has 0 aliphatic carbocycles. The third-order valence-corrected chi connectivity index (χ3v) is 0.143. The van der Waals surface area contributed by atoms with Gasteiger partial charge in [-0.05, 0) is 0 Å². The summed E-state index contributed by atoms with van der Waals surface area (Å²) in [7, 11) is 0. The predicted molar refractivity (Wildman–Crippen MR) is 14.8 cm³/mol. The smallest absolute Gasteiger partial charge is 0.877 e. The van der Waals surface area contributed by atoms with E-state index in [4.69, 9.17) is 10.4 Å². The average Bonchev–Trinajstić information content (AvgIpc) is 1.41. The molecule has 0 spiro atoms. The first kappa shape index (κ1) is 9.39. The van der Waals surface area contributed by atoms with Crippen molar-refractivity contribution in [3.8, 4) is 6.07 Å². The minimum Gasteiger partial charge on any atom is -0.877 e. The van der Waals surface area contributed by atoms with Crippen LogP contribution in [0.15, 0.2) is 12.3 Å². The summed E-state index contributed by atoms with van der Waals surface area (Å²) in [5.74, 6) is 0. The number of hydrogen-bond donors (Lipinski definition) is 0. The van der Waals surface area contributed by atoms with E-state index < -0.39 is 0 Å². The molecule has 0 heterocycles. The standard InChI is InChI=1S/C3H3NO.Na/c4-2-1-3-5;/h1,3,5H;/q;+1/p-1. The van der Waals surface area contributed by atoms with Crippen molar-refractivity contribution in [2.24, 2.45) is 0 Å². The maximum absolute atomic E-state index is 9.13. The van der Waals surface area contributed by atoms with Crippen molar-refractivity contribution in [3.05, 3.63) is 12.3 Å². The predicted octanol–water partition coefficient (Wildman–Crippen LogP) is -3.61. The molecule has 26 valence electrons. The molecular weight excluding hydrogens is 89.0 g/mol. The molecule has 0 aliphatic rings. The minimum absolute atomic E-state index is 0. The van der Waals surface area contributed by atoms with Gasteiger partial charge in [0.2, 0.25) is 0 Å². The minimum atomic E-state index is 0. The molecule has 0 aliphatic heterocycles. The van der Waals surface area contributed by atoms with Crippen LogP contribution in [-0.4, -0.2) is 0 Å². The Labute approximate surface area is 58.4 Å². The van der Waals surface area contributed by atoms with Crippen LogP contribution < -0.4 is 34.7 Å². The second-order valence-electron chi connectivity index (χ2n) is 0.432. The number of rotatable bonds is 0. The van der Waals surface area contributed by atoms with Crippen LogP contribution in [0.2, 0.25) is 0 Å². The van der Waals surface area contributed by atoms with Crippen LogP contribution in [0.25, 0.3) is 0 Å². The van der Waals surface area contributed by atoms with Crippen molar-refractivity contribution >= 4 is 0 Å². The van der Waals surface area contributed by atoms with Gasteiger partial charge in [0.05, 0.1) is 6.07 Å². The van der Waals surface area contributed by atoms with E-state index in [9.17, 15) is 0 Å². The summed E-state index contributed by atoms with van der Waals surface area (Å²) in [4.78, 5) is 0. The maximum atomic E-state index is 9.13. The van der Waals surface area contributed by atoms with Gasteiger partial charge < -0.3 is 5.11 Å². The third-order valence-electron chi connectivity index (χ3n) is 0.143. The molecule has 0 rings (SSSR count). The van der Waals surface area contributed by atoms with Crippen LogP contribution in [0, 0.1) is 11.3 Å². The van der Waals surface area contributed by atoms with Crippen LogP contribution in [-0.2, 0) is 0 Å². The van der Waals surface area contributed by atoms with Gasteiger partial charge in [-0.25, -0.2) is 0 Å². The molecule has 6 heavy (non-hydrogen) atoms. The van der Waals surface area contributed by atoms with Crippen molar-refractivity contribution in [1.29, 1.82) is 5.26 Å². The Balaban J connectivity index is 0. The topological polar surface area (TPSA) is 46.8 Å². The summed E-state index contributed by atoms with van der Waals surface area (Å²) in [6.07, 6.45) is 1.32. The molecule has 3 heteroatoms. The maximum Gasteiger partial charge on any atom is 1.00 e. The molecule has 0 unspecified atom stereocenters. The quantitative estimate of drug-likeness (QED) is 0.175. The van der Waals surface area contributed by atoms with E-state index in [1.54, 1.807) is 0 Å². The van der Waals surface area contributed by atoms with Crippen LogP contribution in [0.5, 0.6) is 0 Å². The summed E-state index contributed by atoms with van der Waals surface area (Å²) < 4.78 is 0. The fourth-order valence-corrected chi connectivity index (χ4v) is 0.0304. The fraction of sp³-hybridized carbons (Fsp3) is 0. The molecule has 0 aromatic rings. The van der Waals surface area contributed by atoms with Crippen LogP contribution >= 0.6 is 0 Å². The SMILES string of the molecule is N#CC=C[O-].[Na+]. The number of nitriles is 1. The average molecular weight is 91.0 g/mol. The van der Waals surface area contributed by atoms with Gasteiger partial charge in [0.15, 0.2) is 0 Å². The van der Waals surface area contributed by atoms with Crippen LogP contribution in [0.3, 0.4) is 0 Å². The van der Waals surface area contributed by atoms with Crippen molar-refractivity contribution in [1.82, 2.24) is 0 Å². The summed E-state index contributed by atoms with van der Waals surface area (Å²) in [6, 6.07) is 1.52. The summed E-state index contributed by atoms with van der Waals surface area (Å²) in [5, 5.41) is 16.7. The molecule has 0 fully saturated rings. The van der Waals surface area contributed by atoms with Crippen LogP contribution in [0.4, 0.5) is 0 Å².